The zero-order valence-corrected chi connectivity index (χ0v) is 14.3. The first-order chi connectivity index (χ1) is 11.1. The zero-order valence-electron chi connectivity index (χ0n) is 12.8. The fourth-order valence-electron chi connectivity index (χ4n) is 2.40. The number of ether oxygens (including phenoxy) is 2. The molecule has 4 nitrogen and oxygen atoms in total. The van der Waals surface area contributed by atoms with Crippen LogP contribution in [0.2, 0.25) is 5.02 Å². The van der Waals surface area contributed by atoms with E-state index in [0.717, 1.165) is 16.2 Å². The molecule has 120 valence electrons. The van der Waals surface area contributed by atoms with Gasteiger partial charge in [0.1, 0.15) is 0 Å². The third-order valence-corrected chi connectivity index (χ3v) is 4.68. The molecule has 3 rings (SSSR count). The summed E-state index contributed by atoms with van der Waals surface area (Å²) in [7, 11) is 0. The molecule has 0 saturated carbocycles. The molecule has 0 aromatic heterocycles. The number of benzene rings is 2. The number of thioether (sulfide) groups is 1. The molecule has 1 N–H and O–H groups in total. The second kappa shape index (κ2) is 6.72. The fraction of sp³-hybridized carbons (Fsp3) is 0.235. The van der Waals surface area contributed by atoms with Gasteiger partial charge in [-0.15, -0.1) is 11.8 Å². The summed E-state index contributed by atoms with van der Waals surface area (Å²) in [4.78, 5) is 13.4. The highest BCUT2D eigenvalue weighted by Gasteiger charge is 2.18. The van der Waals surface area contributed by atoms with Crippen LogP contribution in [0, 0.1) is 0 Å². The van der Waals surface area contributed by atoms with Crippen molar-refractivity contribution in [3.05, 3.63) is 52.5 Å². The van der Waals surface area contributed by atoms with Gasteiger partial charge in [-0.2, -0.15) is 0 Å². The highest BCUT2D eigenvalue weighted by atomic mass is 35.5. The van der Waals surface area contributed by atoms with Crippen LogP contribution in [0.4, 0.5) is 0 Å². The first-order valence-electron chi connectivity index (χ1n) is 7.12. The molecule has 1 amide bonds. The molecule has 2 aromatic rings. The molecule has 0 spiro atoms. The highest BCUT2D eigenvalue weighted by molar-refractivity contribution is 7.98. The van der Waals surface area contributed by atoms with Crippen LogP contribution >= 0.6 is 23.4 Å². The molecule has 23 heavy (non-hydrogen) atoms. The first-order valence-corrected chi connectivity index (χ1v) is 8.72. The van der Waals surface area contributed by atoms with Crippen molar-refractivity contribution in [2.45, 2.75) is 17.9 Å². The summed E-state index contributed by atoms with van der Waals surface area (Å²) in [5, 5.41) is 3.54. The SMILES string of the molecule is CSc1ccc(Cl)cc1C(=O)N[C@@H](C)c1ccc2c(c1)OCO2. The molecule has 1 aliphatic heterocycles. The third kappa shape index (κ3) is 3.41. The van der Waals surface area contributed by atoms with Gasteiger partial charge < -0.3 is 14.8 Å². The van der Waals surface area contributed by atoms with E-state index in [1.165, 1.54) is 11.8 Å². The Morgan fingerprint density at radius 2 is 2.00 bits per heavy atom. The number of carbonyl (C=O) groups is 1. The number of amides is 1. The van der Waals surface area contributed by atoms with Crippen molar-refractivity contribution in [1.82, 2.24) is 5.32 Å². The minimum absolute atomic E-state index is 0.151. The van der Waals surface area contributed by atoms with E-state index in [1.54, 1.807) is 12.1 Å². The lowest BCUT2D eigenvalue weighted by atomic mass is 10.1. The number of fused-ring (bicyclic) bond motifs is 1. The Kier molecular flexibility index (Phi) is 4.68. The molecule has 0 saturated heterocycles. The van der Waals surface area contributed by atoms with E-state index in [9.17, 15) is 4.79 Å². The lowest BCUT2D eigenvalue weighted by molar-refractivity contribution is 0.0937. The Balaban J connectivity index is 1.78. The van der Waals surface area contributed by atoms with Gasteiger partial charge in [0.2, 0.25) is 6.79 Å². The van der Waals surface area contributed by atoms with E-state index in [-0.39, 0.29) is 18.7 Å². The Morgan fingerprint density at radius 3 is 2.78 bits per heavy atom. The van der Waals surface area contributed by atoms with Gasteiger partial charge in [0, 0.05) is 9.92 Å². The van der Waals surface area contributed by atoms with Crippen molar-refractivity contribution < 1.29 is 14.3 Å². The maximum absolute atomic E-state index is 12.6. The smallest absolute Gasteiger partial charge is 0.252 e. The third-order valence-electron chi connectivity index (χ3n) is 3.65. The average Bonchev–Trinajstić information content (AvgIpc) is 3.02. The van der Waals surface area contributed by atoms with Crippen LogP contribution in [0.15, 0.2) is 41.3 Å². The van der Waals surface area contributed by atoms with E-state index in [4.69, 9.17) is 21.1 Å². The Bertz CT molecular complexity index is 751. The molecule has 0 unspecified atom stereocenters. The highest BCUT2D eigenvalue weighted by Crippen LogP contribution is 2.34. The van der Waals surface area contributed by atoms with E-state index in [1.807, 2.05) is 37.4 Å². The monoisotopic (exact) mass is 349 g/mol. The van der Waals surface area contributed by atoms with E-state index in [2.05, 4.69) is 5.32 Å². The molecule has 0 fully saturated rings. The molecule has 6 heteroatoms. The molecule has 0 bridgehead atoms. The normalized spacial score (nSPS) is 13.7. The molecular formula is C17H16ClNO3S. The van der Waals surface area contributed by atoms with Gasteiger partial charge in [-0.05, 0) is 49.1 Å². The predicted molar refractivity (Wildman–Crippen MR) is 91.7 cm³/mol. The largest absolute Gasteiger partial charge is 0.454 e. The number of nitrogens with one attached hydrogen (secondary N) is 1. The van der Waals surface area contributed by atoms with Gasteiger partial charge in [0.05, 0.1) is 11.6 Å². The lowest BCUT2D eigenvalue weighted by Crippen LogP contribution is -2.27. The van der Waals surface area contributed by atoms with Crippen LogP contribution in [0.1, 0.15) is 28.9 Å². The average molecular weight is 350 g/mol. The Labute approximate surface area is 144 Å². The van der Waals surface area contributed by atoms with E-state index >= 15 is 0 Å². The summed E-state index contributed by atoms with van der Waals surface area (Å²) in [5.41, 5.74) is 1.54. The van der Waals surface area contributed by atoms with Crippen LogP contribution in [0.25, 0.3) is 0 Å². The van der Waals surface area contributed by atoms with E-state index in [0.29, 0.717) is 16.3 Å². The van der Waals surface area contributed by atoms with Crippen molar-refractivity contribution in [1.29, 1.82) is 0 Å². The van der Waals surface area contributed by atoms with Crippen molar-refractivity contribution in [2.24, 2.45) is 0 Å². The maximum atomic E-state index is 12.6. The van der Waals surface area contributed by atoms with Crippen LogP contribution in [-0.4, -0.2) is 19.0 Å². The molecule has 1 aliphatic rings. The maximum Gasteiger partial charge on any atom is 0.252 e. The first kappa shape index (κ1) is 16.0. The number of halogens is 1. The van der Waals surface area contributed by atoms with Gasteiger partial charge in [-0.25, -0.2) is 0 Å². The molecule has 0 radical (unpaired) electrons. The zero-order chi connectivity index (χ0) is 16.4. The van der Waals surface area contributed by atoms with Gasteiger partial charge in [-0.3, -0.25) is 4.79 Å². The summed E-state index contributed by atoms with van der Waals surface area (Å²) < 4.78 is 10.7. The topological polar surface area (TPSA) is 47.6 Å². The van der Waals surface area contributed by atoms with Gasteiger partial charge in [0.25, 0.3) is 5.91 Å². The summed E-state index contributed by atoms with van der Waals surface area (Å²) in [6, 6.07) is 10.8. The Hall–Kier alpha value is -1.85. The molecule has 1 atom stereocenters. The van der Waals surface area contributed by atoms with Crippen molar-refractivity contribution in [2.75, 3.05) is 13.0 Å². The fourth-order valence-corrected chi connectivity index (χ4v) is 3.15. The van der Waals surface area contributed by atoms with E-state index < -0.39 is 0 Å². The summed E-state index contributed by atoms with van der Waals surface area (Å²) >= 11 is 7.53. The standard InChI is InChI=1S/C17H16ClNO3S/c1-10(11-3-5-14-15(7-11)22-9-21-14)19-17(20)13-8-12(18)4-6-16(13)23-2/h3-8,10H,9H2,1-2H3,(H,19,20)/t10-/m0/s1. The van der Waals surface area contributed by atoms with Crippen molar-refractivity contribution in [3.63, 3.8) is 0 Å². The van der Waals surface area contributed by atoms with Crippen molar-refractivity contribution in [3.8, 4) is 11.5 Å². The van der Waals surface area contributed by atoms with Gasteiger partial charge in [0.15, 0.2) is 11.5 Å². The van der Waals surface area contributed by atoms with Gasteiger partial charge >= 0.3 is 0 Å². The quantitative estimate of drug-likeness (QED) is 0.837. The minimum atomic E-state index is -0.161. The minimum Gasteiger partial charge on any atom is -0.454 e. The summed E-state index contributed by atoms with van der Waals surface area (Å²) in [6.45, 7) is 2.16. The number of hydrogen-bond acceptors (Lipinski definition) is 4. The summed E-state index contributed by atoms with van der Waals surface area (Å²) in [6.07, 6.45) is 1.93. The molecule has 1 heterocycles. The van der Waals surface area contributed by atoms with Gasteiger partial charge in [-0.1, -0.05) is 17.7 Å². The molecular weight excluding hydrogens is 334 g/mol. The number of carbonyl (C=O) groups excluding carboxylic acids is 1. The van der Waals surface area contributed by atoms with Crippen LogP contribution in [-0.2, 0) is 0 Å². The lowest BCUT2D eigenvalue weighted by Gasteiger charge is -2.16. The number of rotatable bonds is 4. The van der Waals surface area contributed by atoms with Crippen LogP contribution < -0.4 is 14.8 Å². The second-order valence-electron chi connectivity index (χ2n) is 5.15. The van der Waals surface area contributed by atoms with Crippen molar-refractivity contribution >= 4 is 29.3 Å². The number of hydrogen-bond donors (Lipinski definition) is 1. The Morgan fingerprint density at radius 1 is 1.22 bits per heavy atom. The second-order valence-corrected chi connectivity index (χ2v) is 6.44. The predicted octanol–water partition coefficient (Wildman–Crippen LogP) is 4.28. The van der Waals surface area contributed by atoms with Crippen LogP contribution in [0.3, 0.4) is 0 Å². The summed E-state index contributed by atoms with van der Waals surface area (Å²) in [5.74, 6) is 1.28. The molecule has 0 aliphatic carbocycles. The van der Waals surface area contributed by atoms with Crippen LogP contribution in [0.5, 0.6) is 11.5 Å². The molecule has 2 aromatic carbocycles.